The predicted octanol–water partition coefficient (Wildman–Crippen LogP) is 1.58. The topological polar surface area (TPSA) is 15.6 Å². The van der Waals surface area contributed by atoms with Crippen molar-refractivity contribution in [3.05, 3.63) is 12.3 Å². The van der Waals surface area contributed by atoms with E-state index in [4.69, 9.17) is 11.8 Å². The molecule has 1 rings (SSSR count). The third kappa shape index (κ3) is 1.45. The summed E-state index contributed by atoms with van der Waals surface area (Å²) in [4.78, 5) is 4.08. The molecule has 0 saturated carbocycles. The number of allylic oxidation sites excluding steroid dienone is 1. The molecule has 0 aromatic carbocycles. The van der Waals surface area contributed by atoms with Crippen LogP contribution in [0.25, 0.3) is 0 Å². The Balaban J connectivity index is 2.55. The summed E-state index contributed by atoms with van der Waals surface area (Å²) in [7, 11) is 0. The molecule has 3 heteroatoms. The van der Waals surface area contributed by atoms with Gasteiger partial charge in [0.1, 0.15) is 6.17 Å². The maximum atomic E-state index is 5.66. The molecule has 0 spiro atoms. The molecule has 1 unspecified atom stereocenters. The summed E-state index contributed by atoms with van der Waals surface area (Å²) in [5.74, 6) is 0. The van der Waals surface area contributed by atoms with E-state index in [-0.39, 0.29) is 6.17 Å². The Morgan fingerprint density at radius 1 is 1.89 bits per heavy atom. The number of halogens is 1. The molecule has 0 aromatic rings. The van der Waals surface area contributed by atoms with Gasteiger partial charge in [-0.1, -0.05) is 6.92 Å². The second kappa shape index (κ2) is 2.87. The van der Waals surface area contributed by atoms with Gasteiger partial charge in [0.2, 0.25) is 0 Å². The Kier molecular flexibility index (Phi) is 2.11. The van der Waals surface area contributed by atoms with Crippen molar-refractivity contribution >= 4 is 18.0 Å². The summed E-state index contributed by atoms with van der Waals surface area (Å²) < 4.78 is 1.46. The van der Waals surface area contributed by atoms with Gasteiger partial charge in [-0.3, -0.25) is 9.41 Å². The molecule has 0 saturated heterocycles. The number of nitrogens with zero attached hydrogens (tertiary/aromatic N) is 2. The molecule has 2 nitrogen and oxygen atoms in total. The van der Waals surface area contributed by atoms with E-state index in [0.29, 0.717) is 0 Å². The number of aliphatic imine (C=N–C) groups is 1. The van der Waals surface area contributed by atoms with Crippen LogP contribution in [-0.4, -0.2) is 16.8 Å². The zero-order chi connectivity index (χ0) is 6.69. The number of hydrogen-bond donors (Lipinski definition) is 0. The number of hydrogen-bond acceptors (Lipinski definition) is 2. The van der Waals surface area contributed by atoms with E-state index in [9.17, 15) is 0 Å². The van der Waals surface area contributed by atoms with Crippen molar-refractivity contribution in [2.45, 2.75) is 19.5 Å². The molecule has 1 atom stereocenters. The summed E-state index contributed by atoms with van der Waals surface area (Å²) >= 11 is 5.66. The third-order valence-electron chi connectivity index (χ3n) is 1.16. The van der Waals surface area contributed by atoms with E-state index < -0.39 is 0 Å². The van der Waals surface area contributed by atoms with Gasteiger partial charge in [-0.25, -0.2) is 0 Å². The first-order valence-corrected chi connectivity index (χ1v) is 3.24. The summed E-state index contributed by atoms with van der Waals surface area (Å²) in [6, 6.07) is 0. The largest absolute Gasteiger partial charge is 0.267 e. The molecule has 49 valence electrons. The zero-order valence-corrected chi connectivity index (χ0v) is 5.97. The van der Waals surface area contributed by atoms with Crippen LogP contribution in [0, 0.1) is 6.20 Å². The van der Waals surface area contributed by atoms with Crippen LogP contribution in [0.15, 0.2) is 11.1 Å². The maximum absolute atomic E-state index is 5.66. The summed E-state index contributed by atoms with van der Waals surface area (Å²) in [6.45, 7) is 2.03. The van der Waals surface area contributed by atoms with Crippen molar-refractivity contribution in [2.75, 3.05) is 0 Å². The first-order chi connectivity index (χ1) is 4.34. The third-order valence-corrected chi connectivity index (χ3v) is 1.48. The highest BCUT2D eigenvalue weighted by Crippen LogP contribution is 2.10. The van der Waals surface area contributed by atoms with Gasteiger partial charge in [0, 0.05) is 18.0 Å². The van der Waals surface area contributed by atoms with Crippen LogP contribution in [0.5, 0.6) is 0 Å². The number of rotatable bonds is 1. The lowest BCUT2D eigenvalue weighted by atomic mass is 10.3. The summed E-state index contributed by atoms with van der Waals surface area (Å²) in [5, 5.41) is 0. The van der Waals surface area contributed by atoms with Gasteiger partial charge in [-0.05, 0) is 12.5 Å². The van der Waals surface area contributed by atoms with Crippen LogP contribution in [0.3, 0.4) is 0 Å². The highest BCUT2D eigenvalue weighted by Gasteiger charge is 2.10. The van der Waals surface area contributed by atoms with Crippen LogP contribution in [0.4, 0.5) is 0 Å². The minimum atomic E-state index is 0.0802. The van der Waals surface area contributed by atoms with Crippen LogP contribution < -0.4 is 0 Å². The maximum Gasteiger partial charge on any atom is 0.136 e. The van der Waals surface area contributed by atoms with Crippen LogP contribution >= 0.6 is 11.8 Å². The SMILES string of the molecule is CCC1N=CC=[C]N1Cl. The van der Waals surface area contributed by atoms with Crippen LogP contribution in [0.1, 0.15) is 13.3 Å². The Morgan fingerprint density at radius 3 is 3.11 bits per heavy atom. The van der Waals surface area contributed by atoms with Crippen molar-refractivity contribution in [1.82, 2.24) is 4.42 Å². The first kappa shape index (κ1) is 6.62. The first-order valence-electron chi connectivity index (χ1n) is 2.90. The second-order valence-electron chi connectivity index (χ2n) is 1.79. The van der Waals surface area contributed by atoms with E-state index in [1.165, 1.54) is 4.42 Å². The summed E-state index contributed by atoms with van der Waals surface area (Å²) in [5.41, 5.74) is 0. The van der Waals surface area contributed by atoms with E-state index in [1.807, 2.05) is 6.92 Å². The molecule has 1 aliphatic heterocycles. The fourth-order valence-electron chi connectivity index (χ4n) is 0.657. The van der Waals surface area contributed by atoms with Gasteiger partial charge < -0.3 is 0 Å². The second-order valence-corrected chi connectivity index (χ2v) is 2.16. The lowest BCUT2D eigenvalue weighted by Crippen LogP contribution is -2.21. The minimum Gasteiger partial charge on any atom is -0.267 e. The highest BCUT2D eigenvalue weighted by molar-refractivity contribution is 6.14. The Hall–Kier alpha value is -0.500. The van der Waals surface area contributed by atoms with Gasteiger partial charge in [0.25, 0.3) is 0 Å². The normalized spacial score (nSPS) is 25.1. The molecular weight excluding hydrogens is 136 g/mol. The fourth-order valence-corrected chi connectivity index (χ4v) is 0.902. The molecular formula is C6H8ClN2. The zero-order valence-electron chi connectivity index (χ0n) is 5.21. The molecule has 0 aromatic heterocycles. The van der Waals surface area contributed by atoms with Gasteiger partial charge >= 0.3 is 0 Å². The van der Waals surface area contributed by atoms with E-state index in [2.05, 4.69) is 11.2 Å². The standard InChI is InChI=1S/C6H8ClN2/c1-2-6-8-4-3-5-9(6)7/h3-4,6H,2H2,1H3. The molecule has 0 bridgehead atoms. The monoisotopic (exact) mass is 143 g/mol. The molecule has 1 aliphatic rings. The van der Waals surface area contributed by atoms with Gasteiger partial charge in [-0.15, -0.1) is 0 Å². The van der Waals surface area contributed by atoms with Gasteiger partial charge in [0.15, 0.2) is 0 Å². The van der Waals surface area contributed by atoms with Crippen LogP contribution in [0.2, 0.25) is 0 Å². The highest BCUT2D eigenvalue weighted by atomic mass is 35.5. The minimum absolute atomic E-state index is 0.0802. The Bertz CT molecular complexity index is 142. The average molecular weight is 144 g/mol. The van der Waals surface area contributed by atoms with Gasteiger partial charge in [0.05, 0.1) is 6.20 Å². The van der Waals surface area contributed by atoms with Crippen molar-refractivity contribution in [3.63, 3.8) is 0 Å². The van der Waals surface area contributed by atoms with Crippen molar-refractivity contribution in [2.24, 2.45) is 4.99 Å². The smallest absolute Gasteiger partial charge is 0.136 e. The van der Waals surface area contributed by atoms with E-state index in [0.717, 1.165) is 6.42 Å². The molecule has 1 radical (unpaired) electrons. The average Bonchev–Trinajstić information content (AvgIpc) is 1.89. The van der Waals surface area contributed by atoms with Crippen LogP contribution in [-0.2, 0) is 0 Å². The molecule has 0 amide bonds. The fraction of sp³-hybridized carbons (Fsp3) is 0.500. The quantitative estimate of drug-likeness (QED) is 0.509. The predicted molar refractivity (Wildman–Crippen MR) is 38.1 cm³/mol. The Morgan fingerprint density at radius 2 is 2.67 bits per heavy atom. The molecule has 9 heavy (non-hydrogen) atoms. The molecule has 0 aliphatic carbocycles. The van der Waals surface area contributed by atoms with Crippen molar-refractivity contribution in [1.29, 1.82) is 0 Å². The van der Waals surface area contributed by atoms with Crippen molar-refractivity contribution in [3.8, 4) is 0 Å². The molecule has 0 N–H and O–H groups in total. The lowest BCUT2D eigenvalue weighted by molar-refractivity contribution is 0.413. The summed E-state index contributed by atoms with van der Waals surface area (Å²) in [6.07, 6.45) is 7.21. The molecule has 0 fully saturated rings. The van der Waals surface area contributed by atoms with E-state index >= 15 is 0 Å². The lowest BCUT2D eigenvalue weighted by Gasteiger charge is -2.19. The van der Waals surface area contributed by atoms with Crippen molar-refractivity contribution < 1.29 is 0 Å². The van der Waals surface area contributed by atoms with E-state index in [1.54, 1.807) is 12.3 Å². The Labute approximate surface area is 59.9 Å². The van der Waals surface area contributed by atoms with Gasteiger partial charge in [-0.2, -0.15) is 0 Å². The molecule has 1 heterocycles.